The van der Waals surface area contributed by atoms with Crippen molar-refractivity contribution in [3.63, 3.8) is 0 Å². The van der Waals surface area contributed by atoms with Gasteiger partial charge in [0, 0.05) is 6.54 Å². The fourth-order valence-electron chi connectivity index (χ4n) is 2.66. The van der Waals surface area contributed by atoms with Gasteiger partial charge in [0.05, 0.1) is 0 Å². The summed E-state index contributed by atoms with van der Waals surface area (Å²) in [7, 11) is 0. The maximum Gasteiger partial charge on any atom is 0.0205 e. The second-order valence-electron chi connectivity index (χ2n) is 5.17. The molecule has 2 aromatic rings. The Balaban J connectivity index is 1.60. The van der Waals surface area contributed by atoms with Crippen molar-refractivity contribution < 1.29 is 0 Å². The molecule has 1 aliphatic rings. The molecule has 0 amide bonds. The second kappa shape index (κ2) is 5.51. The third-order valence-electron chi connectivity index (χ3n) is 3.74. The maximum absolute atomic E-state index is 3.57. The van der Waals surface area contributed by atoms with E-state index in [-0.39, 0.29) is 0 Å². The fraction of sp³-hybridized carbons (Fsp3) is 0.375. The Hall–Kier alpha value is -1.38. The standard InChI is InChI=1S/C16H20N2/c1-2-4-16-9-13(5-6-15(16)3-1)10-18-12-14-7-8-17-11-14/h1-6,9,14,17-18H,7-8,10-12H2. The lowest BCUT2D eigenvalue weighted by Gasteiger charge is -2.10. The highest BCUT2D eigenvalue weighted by atomic mass is 14.9. The number of nitrogens with one attached hydrogen (secondary N) is 2. The Bertz CT molecular complexity index is 515. The van der Waals surface area contributed by atoms with E-state index in [0.29, 0.717) is 0 Å². The molecule has 1 atom stereocenters. The molecule has 94 valence electrons. The minimum absolute atomic E-state index is 0.811. The zero-order chi connectivity index (χ0) is 12.2. The molecule has 0 bridgehead atoms. The molecule has 0 radical (unpaired) electrons. The molecule has 0 saturated carbocycles. The number of benzene rings is 2. The first-order valence-electron chi connectivity index (χ1n) is 6.81. The summed E-state index contributed by atoms with van der Waals surface area (Å²) < 4.78 is 0. The molecular weight excluding hydrogens is 220 g/mol. The molecule has 0 aliphatic carbocycles. The van der Waals surface area contributed by atoms with Crippen LogP contribution in [0.2, 0.25) is 0 Å². The van der Waals surface area contributed by atoms with E-state index in [4.69, 9.17) is 0 Å². The van der Waals surface area contributed by atoms with Gasteiger partial charge in [-0.3, -0.25) is 0 Å². The molecule has 1 heterocycles. The van der Waals surface area contributed by atoms with E-state index >= 15 is 0 Å². The Kier molecular flexibility index (Phi) is 3.58. The van der Waals surface area contributed by atoms with Gasteiger partial charge < -0.3 is 10.6 Å². The van der Waals surface area contributed by atoms with E-state index in [1.54, 1.807) is 0 Å². The number of fused-ring (bicyclic) bond motifs is 1. The van der Waals surface area contributed by atoms with Crippen LogP contribution in [0.4, 0.5) is 0 Å². The zero-order valence-corrected chi connectivity index (χ0v) is 10.7. The molecular formula is C16H20N2. The van der Waals surface area contributed by atoms with Crippen LogP contribution in [0.15, 0.2) is 42.5 Å². The first-order chi connectivity index (χ1) is 8.92. The van der Waals surface area contributed by atoms with Crippen LogP contribution in [0.3, 0.4) is 0 Å². The fourth-order valence-corrected chi connectivity index (χ4v) is 2.66. The van der Waals surface area contributed by atoms with Crippen molar-refractivity contribution in [1.29, 1.82) is 0 Å². The zero-order valence-electron chi connectivity index (χ0n) is 10.7. The maximum atomic E-state index is 3.57. The average molecular weight is 240 g/mol. The summed E-state index contributed by atoms with van der Waals surface area (Å²) in [5.41, 5.74) is 1.37. The monoisotopic (exact) mass is 240 g/mol. The van der Waals surface area contributed by atoms with E-state index in [0.717, 1.165) is 19.0 Å². The minimum atomic E-state index is 0.811. The van der Waals surface area contributed by atoms with Crippen molar-refractivity contribution in [3.05, 3.63) is 48.0 Å². The predicted octanol–water partition coefficient (Wildman–Crippen LogP) is 2.54. The molecule has 2 nitrogen and oxygen atoms in total. The summed E-state index contributed by atoms with van der Waals surface area (Å²) in [6, 6.07) is 15.3. The van der Waals surface area contributed by atoms with Gasteiger partial charge in [0.2, 0.25) is 0 Å². The second-order valence-corrected chi connectivity index (χ2v) is 5.17. The van der Waals surface area contributed by atoms with Crippen molar-refractivity contribution in [2.24, 2.45) is 5.92 Å². The van der Waals surface area contributed by atoms with E-state index in [2.05, 4.69) is 53.1 Å². The van der Waals surface area contributed by atoms with Crippen LogP contribution in [-0.4, -0.2) is 19.6 Å². The summed E-state index contributed by atoms with van der Waals surface area (Å²) in [4.78, 5) is 0. The summed E-state index contributed by atoms with van der Waals surface area (Å²) >= 11 is 0. The van der Waals surface area contributed by atoms with Crippen molar-refractivity contribution in [2.45, 2.75) is 13.0 Å². The lowest BCUT2D eigenvalue weighted by atomic mass is 10.1. The third kappa shape index (κ3) is 2.71. The predicted molar refractivity (Wildman–Crippen MR) is 76.6 cm³/mol. The Labute approximate surface area is 108 Å². The average Bonchev–Trinajstić information content (AvgIpc) is 2.92. The van der Waals surface area contributed by atoms with E-state index in [9.17, 15) is 0 Å². The summed E-state index contributed by atoms with van der Waals surface area (Å²) in [6.07, 6.45) is 1.31. The van der Waals surface area contributed by atoms with Gasteiger partial charge in [-0.25, -0.2) is 0 Å². The molecule has 1 aliphatic heterocycles. The van der Waals surface area contributed by atoms with Crippen LogP contribution in [0.1, 0.15) is 12.0 Å². The highest BCUT2D eigenvalue weighted by Gasteiger charge is 2.13. The first-order valence-corrected chi connectivity index (χ1v) is 6.81. The molecule has 18 heavy (non-hydrogen) atoms. The van der Waals surface area contributed by atoms with Crippen molar-refractivity contribution >= 4 is 10.8 Å². The Morgan fingerprint density at radius 2 is 2.00 bits per heavy atom. The largest absolute Gasteiger partial charge is 0.316 e. The normalized spacial score (nSPS) is 19.4. The van der Waals surface area contributed by atoms with Gasteiger partial charge in [-0.2, -0.15) is 0 Å². The lowest BCUT2D eigenvalue weighted by Crippen LogP contribution is -2.23. The molecule has 2 aromatic carbocycles. The molecule has 0 aromatic heterocycles. The van der Waals surface area contributed by atoms with Crippen LogP contribution in [-0.2, 0) is 6.54 Å². The van der Waals surface area contributed by atoms with Crippen molar-refractivity contribution in [3.8, 4) is 0 Å². The Morgan fingerprint density at radius 3 is 2.83 bits per heavy atom. The quantitative estimate of drug-likeness (QED) is 0.858. The first kappa shape index (κ1) is 11.7. The van der Waals surface area contributed by atoms with Crippen LogP contribution in [0, 0.1) is 5.92 Å². The topological polar surface area (TPSA) is 24.1 Å². The minimum Gasteiger partial charge on any atom is -0.316 e. The SMILES string of the molecule is c1ccc2cc(CNCC3CCNC3)ccc2c1. The number of rotatable bonds is 4. The summed E-state index contributed by atoms with van der Waals surface area (Å²) in [6.45, 7) is 4.45. The van der Waals surface area contributed by atoms with Crippen molar-refractivity contribution in [1.82, 2.24) is 10.6 Å². The van der Waals surface area contributed by atoms with Gasteiger partial charge in [0.1, 0.15) is 0 Å². The van der Waals surface area contributed by atoms with Gasteiger partial charge in [-0.15, -0.1) is 0 Å². The van der Waals surface area contributed by atoms with Crippen LogP contribution in [0.5, 0.6) is 0 Å². The lowest BCUT2D eigenvalue weighted by molar-refractivity contribution is 0.513. The van der Waals surface area contributed by atoms with Crippen LogP contribution < -0.4 is 10.6 Å². The smallest absolute Gasteiger partial charge is 0.0205 e. The van der Waals surface area contributed by atoms with E-state index < -0.39 is 0 Å². The molecule has 0 spiro atoms. The molecule has 2 N–H and O–H groups in total. The van der Waals surface area contributed by atoms with E-state index in [1.807, 2.05) is 0 Å². The number of hydrogen-bond acceptors (Lipinski definition) is 2. The Morgan fingerprint density at radius 1 is 1.11 bits per heavy atom. The van der Waals surface area contributed by atoms with Crippen LogP contribution >= 0.6 is 0 Å². The molecule has 3 rings (SSSR count). The van der Waals surface area contributed by atoms with Gasteiger partial charge in [0.25, 0.3) is 0 Å². The molecule has 1 unspecified atom stereocenters. The van der Waals surface area contributed by atoms with Gasteiger partial charge >= 0.3 is 0 Å². The highest BCUT2D eigenvalue weighted by Crippen LogP contribution is 2.15. The molecule has 1 saturated heterocycles. The number of hydrogen-bond donors (Lipinski definition) is 2. The molecule has 2 heteroatoms. The van der Waals surface area contributed by atoms with Gasteiger partial charge in [0.15, 0.2) is 0 Å². The van der Waals surface area contributed by atoms with Gasteiger partial charge in [-0.1, -0.05) is 36.4 Å². The molecule has 1 fully saturated rings. The van der Waals surface area contributed by atoms with Crippen LogP contribution in [0.25, 0.3) is 10.8 Å². The third-order valence-corrected chi connectivity index (χ3v) is 3.74. The summed E-state index contributed by atoms with van der Waals surface area (Å²) in [5.74, 6) is 0.811. The highest BCUT2D eigenvalue weighted by molar-refractivity contribution is 5.82. The van der Waals surface area contributed by atoms with E-state index in [1.165, 1.54) is 35.8 Å². The van der Waals surface area contributed by atoms with Crippen molar-refractivity contribution in [2.75, 3.05) is 19.6 Å². The van der Waals surface area contributed by atoms with Gasteiger partial charge in [-0.05, 0) is 54.4 Å². The summed E-state index contributed by atoms with van der Waals surface area (Å²) in [5, 5.41) is 9.63.